The van der Waals surface area contributed by atoms with Crippen molar-refractivity contribution in [3.8, 4) is 0 Å². The second-order valence-electron chi connectivity index (χ2n) is 4.61. The Morgan fingerprint density at radius 3 is 2.36 bits per heavy atom. The van der Waals surface area contributed by atoms with Crippen LogP contribution in [0.4, 0.5) is 0 Å². The third-order valence-electron chi connectivity index (χ3n) is 3.46. The van der Waals surface area contributed by atoms with Crippen LogP contribution in [0.3, 0.4) is 0 Å². The molecular weight excluding hydrogens is 178 g/mol. The fourth-order valence-corrected chi connectivity index (χ4v) is 2.00. The molecule has 1 fully saturated rings. The van der Waals surface area contributed by atoms with E-state index in [9.17, 15) is 4.79 Å². The summed E-state index contributed by atoms with van der Waals surface area (Å²) >= 11 is 0. The number of carbonyl (C=O) groups is 1. The number of quaternary nitrogens is 1. The number of hydrogen-bond donors (Lipinski definition) is 0. The van der Waals surface area contributed by atoms with Crippen LogP contribution in [0.25, 0.3) is 0 Å². The lowest BCUT2D eigenvalue weighted by Gasteiger charge is -2.33. The zero-order chi connectivity index (χ0) is 10.8. The topological polar surface area (TPSA) is 26.3 Å². The number of hydrogen-bond acceptors (Lipinski definition) is 2. The second kappa shape index (κ2) is 4.30. The molecule has 0 aliphatic carbocycles. The Morgan fingerprint density at radius 2 is 2.00 bits per heavy atom. The molecule has 1 heterocycles. The minimum atomic E-state index is 0.00347. The van der Waals surface area contributed by atoms with E-state index >= 15 is 0 Å². The van der Waals surface area contributed by atoms with Gasteiger partial charge in [-0.2, -0.15) is 0 Å². The average molecular weight is 200 g/mol. The van der Waals surface area contributed by atoms with Crippen molar-refractivity contribution >= 4 is 5.97 Å². The van der Waals surface area contributed by atoms with E-state index in [0.29, 0.717) is 0 Å². The highest BCUT2D eigenvalue weighted by molar-refractivity contribution is 5.74. The Balaban J connectivity index is 2.55. The molecular formula is C11H22NO2+. The van der Waals surface area contributed by atoms with Crippen LogP contribution in [0.5, 0.6) is 0 Å². The third-order valence-corrected chi connectivity index (χ3v) is 3.46. The van der Waals surface area contributed by atoms with E-state index in [4.69, 9.17) is 4.74 Å². The molecule has 14 heavy (non-hydrogen) atoms. The lowest BCUT2D eigenvalue weighted by atomic mass is 10.0. The zero-order valence-electron chi connectivity index (χ0n) is 9.75. The minimum absolute atomic E-state index is 0.00347. The smallest absolute Gasteiger partial charge is 0.315 e. The monoisotopic (exact) mass is 200 g/mol. The molecule has 1 rings (SSSR count). The minimum Gasteiger partial charge on any atom is -0.462 e. The molecule has 1 saturated heterocycles. The Kier molecular flexibility index (Phi) is 3.53. The van der Waals surface area contributed by atoms with Gasteiger partial charge in [-0.1, -0.05) is 0 Å². The molecule has 0 saturated carbocycles. The highest BCUT2D eigenvalue weighted by Crippen LogP contribution is 2.23. The second-order valence-corrected chi connectivity index (χ2v) is 4.61. The number of esters is 1. The summed E-state index contributed by atoms with van der Waals surface area (Å²) in [6.45, 7) is 9.40. The third kappa shape index (κ3) is 2.47. The SMILES string of the molecule is CC[N+](C)(CC)C[C@@H]1C[C@H](C)OC1=O. The zero-order valence-corrected chi connectivity index (χ0v) is 9.75. The van der Waals surface area contributed by atoms with E-state index in [0.717, 1.165) is 30.5 Å². The van der Waals surface area contributed by atoms with Crippen LogP contribution in [0.2, 0.25) is 0 Å². The van der Waals surface area contributed by atoms with Gasteiger partial charge < -0.3 is 9.22 Å². The largest absolute Gasteiger partial charge is 0.462 e. The highest BCUT2D eigenvalue weighted by atomic mass is 16.5. The first kappa shape index (κ1) is 11.5. The fourth-order valence-electron chi connectivity index (χ4n) is 2.00. The average Bonchev–Trinajstić information content (AvgIpc) is 2.45. The number of cyclic esters (lactones) is 1. The molecule has 0 N–H and O–H groups in total. The maximum atomic E-state index is 11.5. The van der Waals surface area contributed by atoms with Crippen molar-refractivity contribution in [2.75, 3.05) is 26.7 Å². The van der Waals surface area contributed by atoms with Crippen LogP contribution >= 0.6 is 0 Å². The van der Waals surface area contributed by atoms with Gasteiger partial charge in [0.15, 0.2) is 0 Å². The lowest BCUT2D eigenvalue weighted by molar-refractivity contribution is -0.908. The van der Waals surface area contributed by atoms with Crippen molar-refractivity contribution in [2.45, 2.75) is 33.3 Å². The quantitative estimate of drug-likeness (QED) is 0.507. The van der Waals surface area contributed by atoms with Crippen molar-refractivity contribution in [3.63, 3.8) is 0 Å². The summed E-state index contributed by atoms with van der Waals surface area (Å²) in [5.41, 5.74) is 0. The summed E-state index contributed by atoms with van der Waals surface area (Å²) < 4.78 is 6.12. The molecule has 3 heteroatoms. The molecule has 0 aromatic heterocycles. The summed E-state index contributed by atoms with van der Waals surface area (Å²) in [7, 11) is 2.20. The van der Waals surface area contributed by atoms with E-state index in [1.165, 1.54) is 0 Å². The molecule has 82 valence electrons. The molecule has 2 atom stereocenters. The standard InChI is InChI=1S/C11H22NO2/c1-5-12(4,6-2)8-10-7-9(3)14-11(10)13/h9-10H,5-8H2,1-4H3/q+1/t9-,10-/m0/s1. The van der Waals surface area contributed by atoms with Crippen LogP contribution in [-0.2, 0) is 9.53 Å². The Bertz CT molecular complexity index is 211. The Labute approximate surface area is 86.6 Å². The fraction of sp³-hybridized carbons (Fsp3) is 0.909. The molecule has 0 bridgehead atoms. The summed E-state index contributed by atoms with van der Waals surface area (Å²) in [6, 6.07) is 0. The van der Waals surface area contributed by atoms with Gasteiger partial charge in [0.2, 0.25) is 0 Å². The van der Waals surface area contributed by atoms with Crippen molar-refractivity contribution in [2.24, 2.45) is 5.92 Å². The van der Waals surface area contributed by atoms with Crippen molar-refractivity contribution < 1.29 is 14.0 Å². The van der Waals surface area contributed by atoms with Gasteiger partial charge >= 0.3 is 5.97 Å². The van der Waals surface area contributed by atoms with Crippen LogP contribution in [-0.4, -0.2) is 43.2 Å². The Hall–Kier alpha value is -0.570. The van der Waals surface area contributed by atoms with E-state index in [1.54, 1.807) is 0 Å². The molecule has 1 aliphatic heterocycles. The maximum Gasteiger partial charge on any atom is 0.315 e. The first-order valence-electron chi connectivity index (χ1n) is 5.54. The van der Waals surface area contributed by atoms with Gasteiger partial charge in [0, 0.05) is 6.42 Å². The van der Waals surface area contributed by atoms with Gasteiger partial charge in [0.05, 0.1) is 26.7 Å². The number of ether oxygens (including phenoxy) is 1. The molecule has 1 aliphatic rings. The van der Waals surface area contributed by atoms with Crippen molar-refractivity contribution in [1.82, 2.24) is 0 Å². The molecule has 0 aromatic rings. The van der Waals surface area contributed by atoms with Gasteiger partial charge in [0.1, 0.15) is 12.0 Å². The van der Waals surface area contributed by atoms with Crippen LogP contribution in [0.15, 0.2) is 0 Å². The molecule has 0 aromatic carbocycles. The van der Waals surface area contributed by atoms with E-state index < -0.39 is 0 Å². The predicted molar refractivity (Wildman–Crippen MR) is 55.8 cm³/mol. The molecule has 0 unspecified atom stereocenters. The molecule has 3 nitrogen and oxygen atoms in total. The maximum absolute atomic E-state index is 11.5. The summed E-state index contributed by atoms with van der Waals surface area (Å²) in [5.74, 6) is 0.124. The van der Waals surface area contributed by atoms with E-state index in [2.05, 4.69) is 20.9 Å². The Morgan fingerprint density at radius 1 is 1.43 bits per heavy atom. The lowest BCUT2D eigenvalue weighted by Crippen LogP contribution is -2.47. The van der Waals surface area contributed by atoms with Gasteiger partial charge in [-0.25, -0.2) is 0 Å². The van der Waals surface area contributed by atoms with E-state index in [-0.39, 0.29) is 18.0 Å². The van der Waals surface area contributed by atoms with Gasteiger partial charge in [-0.15, -0.1) is 0 Å². The first-order valence-corrected chi connectivity index (χ1v) is 5.54. The number of carbonyl (C=O) groups excluding carboxylic acids is 1. The molecule has 0 radical (unpaired) electrons. The number of nitrogens with zero attached hydrogens (tertiary/aromatic N) is 1. The predicted octanol–water partition coefficient (Wildman–Crippen LogP) is 1.42. The van der Waals surface area contributed by atoms with E-state index in [1.807, 2.05) is 6.92 Å². The van der Waals surface area contributed by atoms with Crippen LogP contribution < -0.4 is 0 Å². The summed E-state index contributed by atoms with van der Waals surface area (Å²) in [4.78, 5) is 11.5. The molecule has 0 amide bonds. The van der Waals surface area contributed by atoms with Crippen molar-refractivity contribution in [3.05, 3.63) is 0 Å². The van der Waals surface area contributed by atoms with Gasteiger partial charge in [-0.3, -0.25) is 4.79 Å². The van der Waals surface area contributed by atoms with Crippen molar-refractivity contribution in [1.29, 1.82) is 0 Å². The highest BCUT2D eigenvalue weighted by Gasteiger charge is 2.37. The number of rotatable bonds is 4. The van der Waals surface area contributed by atoms with Gasteiger partial charge in [-0.05, 0) is 20.8 Å². The van der Waals surface area contributed by atoms with Crippen LogP contribution in [0.1, 0.15) is 27.2 Å². The first-order chi connectivity index (χ1) is 6.50. The van der Waals surface area contributed by atoms with Crippen LogP contribution in [0, 0.1) is 5.92 Å². The summed E-state index contributed by atoms with van der Waals surface area (Å²) in [5, 5.41) is 0. The summed E-state index contributed by atoms with van der Waals surface area (Å²) in [6.07, 6.45) is 1.02. The normalized spacial score (nSPS) is 27.9. The molecule has 0 spiro atoms. The van der Waals surface area contributed by atoms with Gasteiger partial charge in [0.25, 0.3) is 0 Å².